The van der Waals surface area contributed by atoms with Gasteiger partial charge in [0.25, 0.3) is 0 Å². The highest BCUT2D eigenvalue weighted by Crippen LogP contribution is 2.18. The molecule has 80 valence electrons. The Hall–Kier alpha value is -1.57. The molecule has 0 radical (unpaired) electrons. The Balaban J connectivity index is 2.40. The van der Waals surface area contributed by atoms with E-state index in [4.69, 9.17) is 5.73 Å². The summed E-state index contributed by atoms with van der Waals surface area (Å²) in [4.78, 5) is 10.5. The second-order valence-corrected chi connectivity index (χ2v) is 3.69. The molecule has 0 aliphatic rings. The maximum absolute atomic E-state index is 10.5. The lowest BCUT2D eigenvalue weighted by molar-refractivity contribution is -0.117. The number of rotatable bonds is 5. The summed E-state index contributed by atoms with van der Waals surface area (Å²) in [6.45, 7) is 2.17. The SMILES string of the molecule is CC(CC=CCC(N)=O)c1ccccc1. The van der Waals surface area contributed by atoms with Crippen molar-refractivity contribution >= 4 is 5.91 Å². The minimum atomic E-state index is -0.279. The van der Waals surface area contributed by atoms with Gasteiger partial charge in [-0.3, -0.25) is 4.79 Å². The summed E-state index contributed by atoms with van der Waals surface area (Å²) in [5.74, 6) is 0.203. The first kappa shape index (κ1) is 11.5. The lowest BCUT2D eigenvalue weighted by atomic mass is 9.98. The largest absolute Gasteiger partial charge is 0.369 e. The van der Waals surface area contributed by atoms with Crippen molar-refractivity contribution in [1.82, 2.24) is 0 Å². The molecule has 2 nitrogen and oxygen atoms in total. The highest BCUT2D eigenvalue weighted by atomic mass is 16.1. The number of benzene rings is 1. The highest BCUT2D eigenvalue weighted by molar-refractivity contribution is 5.75. The van der Waals surface area contributed by atoms with Crippen LogP contribution in [0, 0.1) is 0 Å². The van der Waals surface area contributed by atoms with Crippen LogP contribution in [-0.4, -0.2) is 5.91 Å². The molecule has 15 heavy (non-hydrogen) atoms. The summed E-state index contributed by atoms with van der Waals surface area (Å²) in [6, 6.07) is 10.3. The zero-order chi connectivity index (χ0) is 11.1. The average Bonchev–Trinajstić information content (AvgIpc) is 2.25. The Morgan fingerprint density at radius 3 is 2.60 bits per heavy atom. The van der Waals surface area contributed by atoms with Crippen LogP contribution in [0.4, 0.5) is 0 Å². The number of amides is 1. The lowest BCUT2D eigenvalue weighted by Crippen LogP contribution is -2.08. The molecule has 0 saturated heterocycles. The maximum atomic E-state index is 10.5. The summed E-state index contributed by atoms with van der Waals surface area (Å²) in [7, 11) is 0. The molecule has 0 aliphatic carbocycles. The first-order chi connectivity index (χ1) is 7.20. The zero-order valence-electron chi connectivity index (χ0n) is 9.02. The quantitative estimate of drug-likeness (QED) is 0.734. The number of hydrogen-bond donors (Lipinski definition) is 1. The standard InChI is InChI=1S/C13H17NO/c1-11(7-5-6-10-13(14)15)12-8-3-2-4-9-12/h2-6,8-9,11H,7,10H2,1H3,(H2,14,15). The summed E-state index contributed by atoms with van der Waals surface area (Å²) in [6.07, 6.45) is 5.13. The minimum absolute atomic E-state index is 0.279. The van der Waals surface area contributed by atoms with Crippen LogP contribution in [0.5, 0.6) is 0 Å². The van der Waals surface area contributed by atoms with Gasteiger partial charge >= 0.3 is 0 Å². The molecule has 0 saturated carbocycles. The molecule has 0 spiro atoms. The third-order valence-corrected chi connectivity index (χ3v) is 2.34. The van der Waals surface area contributed by atoms with Gasteiger partial charge < -0.3 is 5.73 Å². The van der Waals surface area contributed by atoms with Crippen molar-refractivity contribution in [2.75, 3.05) is 0 Å². The van der Waals surface area contributed by atoms with Crippen molar-refractivity contribution < 1.29 is 4.79 Å². The monoisotopic (exact) mass is 203 g/mol. The van der Waals surface area contributed by atoms with E-state index in [0.29, 0.717) is 12.3 Å². The Morgan fingerprint density at radius 2 is 2.00 bits per heavy atom. The molecule has 1 aromatic carbocycles. The van der Waals surface area contributed by atoms with Gasteiger partial charge in [0.15, 0.2) is 0 Å². The van der Waals surface area contributed by atoms with Gasteiger partial charge in [-0.2, -0.15) is 0 Å². The molecule has 0 aliphatic heterocycles. The van der Waals surface area contributed by atoms with Crippen molar-refractivity contribution in [3.63, 3.8) is 0 Å². The van der Waals surface area contributed by atoms with Crippen LogP contribution in [0.15, 0.2) is 42.5 Å². The van der Waals surface area contributed by atoms with E-state index < -0.39 is 0 Å². The lowest BCUT2D eigenvalue weighted by Gasteiger charge is -2.08. The third-order valence-electron chi connectivity index (χ3n) is 2.34. The van der Waals surface area contributed by atoms with Gasteiger partial charge in [0.1, 0.15) is 0 Å². The number of allylic oxidation sites excluding steroid dienone is 1. The number of nitrogens with two attached hydrogens (primary N) is 1. The van der Waals surface area contributed by atoms with Crippen LogP contribution in [-0.2, 0) is 4.79 Å². The van der Waals surface area contributed by atoms with Crippen LogP contribution in [0.1, 0.15) is 31.2 Å². The fourth-order valence-electron chi connectivity index (χ4n) is 1.42. The van der Waals surface area contributed by atoms with E-state index in [-0.39, 0.29) is 5.91 Å². The number of hydrogen-bond acceptors (Lipinski definition) is 1. The summed E-state index contributed by atoms with van der Waals surface area (Å²) >= 11 is 0. The summed E-state index contributed by atoms with van der Waals surface area (Å²) in [5.41, 5.74) is 6.35. The average molecular weight is 203 g/mol. The fraction of sp³-hybridized carbons (Fsp3) is 0.308. The van der Waals surface area contributed by atoms with E-state index in [1.165, 1.54) is 5.56 Å². The zero-order valence-corrected chi connectivity index (χ0v) is 9.02. The first-order valence-corrected chi connectivity index (χ1v) is 5.18. The second-order valence-electron chi connectivity index (χ2n) is 3.69. The Labute approximate surface area is 90.8 Å². The predicted molar refractivity (Wildman–Crippen MR) is 62.4 cm³/mol. The van der Waals surface area contributed by atoms with Crippen molar-refractivity contribution in [3.8, 4) is 0 Å². The minimum Gasteiger partial charge on any atom is -0.369 e. The van der Waals surface area contributed by atoms with E-state index in [9.17, 15) is 4.79 Å². The molecule has 0 aromatic heterocycles. The normalized spacial score (nSPS) is 12.9. The molecule has 1 atom stereocenters. The molecular weight excluding hydrogens is 186 g/mol. The molecule has 1 aromatic rings. The Morgan fingerprint density at radius 1 is 1.33 bits per heavy atom. The maximum Gasteiger partial charge on any atom is 0.221 e. The van der Waals surface area contributed by atoms with Crippen LogP contribution < -0.4 is 5.73 Å². The van der Waals surface area contributed by atoms with Gasteiger partial charge in [-0.15, -0.1) is 0 Å². The molecular formula is C13H17NO. The number of primary amides is 1. The van der Waals surface area contributed by atoms with Crippen LogP contribution in [0.25, 0.3) is 0 Å². The van der Waals surface area contributed by atoms with Gasteiger partial charge in [-0.05, 0) is 17.9 Å². The van der Waals surface area contributed by atoms with E-state index >= 15 is 0 Å². The van der Waals surface area contributed by atoms with Crippen molar-refractivity contribution in [2.45, 2.75) is 25.7 Å². The Bertz CT molecular complexity index is 330. The van der Waals surface area contributed by atoms with Crippen LogP contribution >= 0.6 is 0 Å². The van der Waals surface area contributed by atoms with Crippen molar-refractivity contribution in [1.29, 1.82) is 0 Å². The smallest absolute Gasteiger partial charge is 0.221 e. The van der Waals surface area contributed by atoms with Crippen LogP contribution in [0.2, 0.25) is 0 Å². The first-order valence-electron chi connectivity index (χ1n) is 5.18. The molecule has 1 amide bonds. The van der Waals surface area contributed by atoms with E-state index in [1.54, 1.807) is 0 Å². The number of carbonyl (C=O) groups is 1. The molecule has 0 heterocycles. The summed E-state index contributed by atoms with van der Waals surface area (Å²) in [5, 5.41) is 0. The van der Waals surface area contributed by atoms with Crippen molar-refractivity contribution in [3.05, 3.63) is 48.0 Å². The highest BCUT2D eigenvalue weighted by Gasteiger charge is 2.01. The molecule has 1 unspecified atom stereocenters. The predicted octanol–water partition coefficient (Wildman–Crippen LogP) is 2.61. The van der Waals surface area contributed by atoms with Gasteiger partial charge in [0.05, 0.1) is 0 Å². The summed E-state index contributed by atoms with van der Waals surface area (Å²) < 4.78 is 0. The van der Waals surface area contributed by atoms with Gasteiger partial charge in [-0.25, -0.2) is 0 Å². The van der Waals surface area contributed by atoms with Gasteiger partial charge in [-0.1, -0.05) is 49.4 Å². The molecule has 0 bridgehead atoms. The molecule has 1 rings (SSSR count). The molecule has 2 heteroatoms. The van der Waals surface area contributed by atoms with Gasteiger partial charge in [0, 0.05) is 6.42 Å². The van der Waals surface area contributed by atoms with E-state index in [2.05, 4.69) is 19.1 Å². The van der Waals surface area contributed by atoms with Crippen molar-refractivity contribution in [2.24, 2.45) is 5.73 Å². The number of carbonyl (C=O) groups excluding carboxylic acids is 1. The fourth-order valence-corrected chi connectivity index (χ4v) is 1.42. The van der Waals surface area contributed by atoms with Crippen LogP contribution in [0.3, 0.4) is 0 Å². The Kier molecular flexibility index (Phi) is 4.61. The molecule has 2 N–H and O–H groups in total. The topological polar surface area (TPSA) is 43.1 Å². The van der Waals surface area contributed by atoms with Gasteiger partial charge in [0.2, 0.25) is 5.91 Å². The third kappa shape index (κ3) is 4.45. The molecule has 0 fully saturated rings. The van der Waals surface area contributed by atoms with E-state index in [1.807, 2.05) is 30.4 Å². The second kappa shape index (κ2) is 6.02. The van der Waals surface area contributed by atoms with E-state index in [0.717, 1.165) is 6.42 Å².